The number of hydrogen-bond donors (Lipinski definition) is 2. The number of nitrogens with one attached hydrogen (secondary N) is 1. The number of rotatable bonds is 3. The fourth-order valence-electron chi connectivity index (χ4n) is 1.84. The highest BCUT2D eigenvalue weighted by atomic mass is 16.5. The first kappa shape index (κ1) is 12.5. The molecule has 1 amide bonds. The lowest BCUT2D eigenvalue weighted by molar-refractivity contribution is -0.126. The first-order valence-corrected chi connectivity index (χ1v) is 5.72. The second kappa shape index (κ2) is 5.14. The van der Waals surface area contributed by atoms with Crippen LogP contribution in [0.25, 0.3) is 0 Å². The lowest BCUT2D eigenvalue weighted by Gasteiger charge is -2.11. The number of aromatic carboxylic acids is 1. The van der Waals surface area contributed by atoms with Crippen LogP contribution in [0.15, 0.2) is 18.3 Å². The van der Waals surface area contributed by atoms with Gasteiger partial charge in [-0.1, -0.05) is 0 Å². The van der Waals surface area contributed by atoms with Crippen LogP contribution in [0.3, 0.4) is 0 Å². The summed E-state index contributed by atoms with van der Waals surface area (Å²) in [5, 5.41) is 11.4. The number of hydrogen-bond acceptors (Lipinski definition) is 4. The van der Waals surface area contributed by atoms with Gasteiger partial charge in [-0.15, -0.1) is 0 Å². The van der Waals surface area contributed by atoms with Crippen LogP contribution in [0.5, 0.6) is 0 Å². The molecule has 1 aromatic heterocycles. The van der Waals surface area contributed by atoms with Gasteiger partial charge in [0.25, 0.3) is 5.91 Å². The van der Waals surface area contributed by atoms with Crippen molar-refractivity contribution >= 4 is 17.6 Å². The second-order valence-corrected chi connectivity index (χ2v) is 4.24. The standard InChI is InChI=1S/C12H14N2O4/c1-7-2-3-10(18-7)11(15)14-8-4-5-13-9(6-8)12(16)17/h4-7,10H,2-3H2,1H3,(H,16,17)(H,13,14,15). The smallest absolute Gasteiger partial charge is 0.354 e. The van der Waals surface area contributed by atoms with Gasteiger partial charge >= 0.3 is 5.97 Å². The molecule has 0 aliphatic carbocycles. The summed E-state index contributed by atoms with van der Waals surface area (Å²) in [6.07, 6.45) is 2.52. The van der Waals surface area contributed by atoms with Gasteiger partial charge in [0.2, 0.25) is 0 Å². The molecule has 0 spiro atoms. The zero-order chi connectivity index (χ0) is 13.1. The van der Waals surface area contributed by atoms with Crippen LogP contribution < -0.4 is 5.32 Å². The molecule has 1 aliphatic heterocycles. The Balaban J connectivity index is 2.03. The number of nitrogens with zero attached hydrogens (tertiary/aromatic N) is 1. The largest absolute Gasteiger partial charge is 0.477 e. The number of pyridine rings is 1. The molecule has 2 N–H and O–H groups in total. The molecule has 1 aromatic rings. The Labute approximate surface area is 104 Å². The fraction of sp³-hybridized carbons (Fsp3) is 0.417. The van der Waals surface area contributed by atoms with Gasteiger partial charge in [0.15, 0.2) is 0 Å². The maximum absolute atomic E-state index is 11.8. The van der Waals surface area contributed by atoms with Crippen LogP contribution in [0.1, 0.15) is 30.3 Å². The van der Waals surface area contributed by atoms with Gasteiger partial charge in [0.05, 0.1) is 6.10 Å². The van der Waals surface area contributed by atoms with Gasteiger partial charge in [-0.3, -0.25) is 4.79 Å². The minimum Gasteiger partial charge on any atom is -0.477 e. The molecule has 2 atom stereocenters. The van der Waals surface area contributed by atoms with Crippen molar-refractivity contribution in [1.29, 1.82) is 0 Å². The molecule has 6 nitrogen and oxygen atoms in total. The number of ether oxygens (including phenoxy) is 1. The highest BCUT2D eigenvalue weighted by molar-refractivity contribution is 5.95. The maximum Gasteiger partial charge on any atom is 0.354 e. The number of anilines is 1. The van der Waals surface area contributed by atoms with Crippen LogP contribution in [-0.2, 0) is 9.53 Å². The van der Waals surface area contributed by atoms with Crippen LogP contribution in [-0.4, -0.2) is 34.2 Å². The topological polar surface area (TPSA) is 88.5 Å². The van der Waals surface area contributed by atoms with E-state index in [1.807, 2.05) is 6.92 Å². The summed E-state index contributed by atoms with van der Waals surface area (Å²) in [5.41, 5.74) is 0.309. The van der Waals surface area contributed by atoms with Crippen molar-refractivity contribution in [3.63, 3.8) is 0 Å². The molecule has 96 valence electrons. The van der Waals surface area contributed by atoms with E-state index in [1.54, 1.807) is 6.07 Å². The summed E-state index contributed by atoms with van der Waals surface area (Å²) in [6.45, 7) is 1.92. The molecule has 0 radical (unpaired) electrons. The Morgan fingerprint density at radius 3 is 2.89 bits per heavy atom. The molecule has 0 aromatic carbocycles. The monoisotopic (exact) mass is 250 g/mol. The molecule has 6 heteroatoms. The highest BCUT2D eigenvalue weighted by Gasteiger charge is 2.28. The Hall–Kier alpha value is -1.95. The Morgan fingerprint density at radius 1 is 1.50 bits per heavy atom. The van der Waals surface area contributed by atoms with E-state index in [1.165, 1.54) is 12.3 Å². The SMILES string of the molecule is CC1CCC(C(=O)Nc2ccnc(C(=O)O)c2)O1. The first-order chi connectivity index (χ1) is 8.56. The van der Waals surface area contributed by atoms with E-state index in [-0.39, 0.29) is 17.7 Å². The quantitative estimate of drug-likeness (QED) is 0.843. The predicted octanol–water partition coefficient (Wildman–Crippen LogP) is 1.29. The van der Waals surface area contributed by atoms with Gasteiger partial charge in [0.1, 0.15) is 11.8 Å². The predicted molar refractivity (Wildman–Crippen MR) is 63.4 cm³/mol. The summed E-state index contributed by atoms with van der Waals surface area (Å²) in [5.74, 6) is -1.38. The van der Waals surface area contributed by atoms with E-state index in [2.05, 4.69) is 10.3 Å². The molecule has 1 aliphatic rings. The lowest BCUT2D eigenvalue weighted by Crippen LogP contribution is -2.27. The van der Waals surface area contributed by atoms with E-state index < -0.39 is 12.1 Å². The van der Waals surface area contributed by atoms with E-state index in [0.29, 0.717) is 12.1 Å². The number of carbonyl (C=O) groups excluding carboxylic acids is 1. The third-order valence-electron chi connectivity index (χ3n) is 2.77. The third-order valence-corrected chi connectivity index (χ3v) is 2.77. The van der Waals surface area contributed by atoms with Crippen molar-refractivity contribution in [2.45, 2.75) is 32.0 Å². The highest BCUT2D eigenvalue weighted by Crippen LogP contribution is 2.20. The minimum atomic E-state index is -1.13. The van der Waals surface area contributed by atoms with E-state index >= 15 is 0 Å². The Kier molecular flexibility index (Phi) is 3.57. The van der Waals surface area contributed by atoms with Gasteiger partial charge < -0.3 is 15.2 Å². The molecule has 1 fully saturated rings. The number of carboxylic acids is 1. The number of aromatic nitrogens is 1. The second-order valence-electron chi connectivity index (χ2n) is 4.24. The molecule has 1 saturated heterocycles. The molecule has 2 heterocycles. The Morgan fingerprint density at radius 2 is 2.28 bits per heavy atom. The number of carbonyl (C=O) groups is 2. The summed E-state index contributed by atoms with van der Waals surface area (Å²) in [6, 6.07) is 2.86. The van der Waals surface area contributed by atoms with Gasteiger partial charge in [0, 0.05) is 11.9 Å². The summed E-state index contributed by atoms with van der Waals surface area (Å²) < 4.78 is 5.43. The average Bonchev–Trinajstić information content (AvgIpc) is 2.76. The van der Waals surface area contributed by atoms with E-state index in [0.717, 1.165) is 6.42 Å². The third kappa shape index (κ3) is 2.84. The van der Waals surface area contributed by atoms with E-state index in [4.69, 9.17) is 9.84 Å². The van der Waals surface area contributed by atoms with Crippen molar-refractivity contribution in [2.75, 3.05) is 5.32 Å². The molecule has 18 heavy (non-hydrogen) atoms. The van der Waals surface area contributed by atoms with Crippen molar-refractivity contribution in [3.05, 3.63) is 24.0 Å². The number of carboxylic acid groups (broad SMARTS) is 1. The number of amides is 1. The van der Waals surface area contributed by atoms with Crippen LogP contribution in [0, 0.1) is 0 Å². The summed E-state index contributed by atoms with van der Waals surface area (Å²) in [4.78, 5) is 26.2. The Bertz CT molecular complexity index is 475. The van der Waals surface area contributed by atoms with Crippen molar-refractivity contribution < 1.29 is 19.4 Å². The van der Waals surface area contributed by atoms with Gasteiger partial charge in [-0.05, 0) is 31.9 Å². The van der Waals surface area contributed by atoms with Crippen LogP contribution >= 0.6 is 0 Å². The minimum absolute atomic E-state index is 0.0905. The average molecular weight is 250 g/mol. The van der Waals surface area contributed by atoms with E-state index in [9.17, 15) is 9.59 Å². The molecular weight excluding hydrogens is 236 g/mol. The van der Waals surface area contributed by atoms with Crippen LogP contribution in [0.2, 0.25) is 0 Å². The van der Waals surface area contributed by atoms with Gasteiger partial charge in [-0.2, -0.15) is 0 Å². The maximum atomic E-state index is 11.8. The molecule has 2 unspecified atom stereocenters. The van der Waals surface area contributed by atoms with Crippen molar-refractivity contribution in [3.8, 4) is 0 Å². The summed E-state index contributed by atoms with van der Waals surface area (Å²) in [7, 11) is 0. The molecular formula is C12H14N2O4. The van der Waals surface area contributed by atoms with Crippen molar-refractivity contribution in [2.24, 2.45) is 0 Å². The zero-order valence-corrected chi connectivity index (χ0v) is 9.92. The first-order valence-electron chi connectivity index (χ1n) is 5.72. The normalized spacial score (nSPS) is 22.7. The van der Waals surface area contributed by atoms with Gasteiger partial charge in [-0.25, -0.2) is 9.78 Å². The lowest BCUT2D eigenvalue weighted by atomic mass is 10.2. The zero-order valence-electron chi connectivity index (χ0n) is 9.92. The molecule has 0 saturated carbocycles. The summed E-state index contributed by atoms with van der Waals surface area (Å²) >= 11 is 0. The molecule has 2 rings (SSSR count). The molecule has 0 bridgehead atoms. The van der Waals surface area contributed by atoms with Crippen LogP contribution in [0.4, 0.5) is 5.69 Å². The van der Waals surface area contributed by atoms with Crippen molar-refractivity contribution in [1.82, 2.24) is 4.98 Å². The fourth-order valence-corrected chi connectivity index (χ4v) is 1.84.